The van der Waals surface area contributed by atoms with Gasteiger partial charge in [0.25, 0.3) is 5.91 Å². The monoisotopic (exact) mass is 186 g/mol. The van der Waals surface area contributed by atoms with Gasteiger partial charge in [0.1, 0.15) is 0 Å². The fraction of sp³-hybridized carbons (Fsp3) is 0.750. The Morgan fingerprint density at radius 1 is 1.31 bits per heavy atom. The summed E-state index contributed by atoms with van der Waals surface area (Å²) < 4.78 is 4.80. The van der Waals surface area contributed by atoms with Crippen molar-refractivity contribution in [3.8, 4) is 0 Å². The van der Waals surface area contributed by atoms with Crippen LogP contribution in [-0.4, -0.2) is 29.6 Å². The Kier molecular flexibility index (Phi) is 2.30. The third-order valence-electron chi connectivity index (χ3n) is 1.53. The molecule has 1 saturated heterocycles. The van der Waals surface area contributed by atoms with E-state index < -0.39 is 18.1 Å². The highest BCUT2D eigenvalue weighted by molar-refractivity contribution is 5.94. The average Bonchev–Trinajstić information content (AvgIpc) is 2.58. The second-order valence-electron chi connectivity index (χ2n) is 4.12. The highest BCUT2D eigenvalue weighted by Crippen LogP contribution is 2.22. The number of hydrogen-bond acceptors (Lipinski definition) is 3. The van der Waals surface area contributed by atoms with E-state index in [2.05, 4.69) is 5.32 Å². The van der Waals surface area contributed by atoms with Gasteiger partial charge in [-0.25, -0.2) is 0 Å². The number of hydrogen-bond donors (Lipinski definition) is 2. The van der Waals surface area contributed by atoms with Gasteiger partial charge in [0.05, 0.1) is 0 Å². The van der Waals surface area contributed by atoms with E-state index in [0.29, 0.717) is 0 Å². The van der Waals surface area contributed by atoms with Crippen LogP contribution in [-0.2, 0) is 14.3 Å². The molecule has 0 aromatic carbocycles. The molecule has 0 bridgehead atoms. The minimum absolute atomic E-state index is 0.281. The topological polar surface area (TPSA) is 84.7 Å². The van der Waals surface area contributed by atoms with Crippen molar-refractivity contribution >= 4 is 11.8 Å². The molecule has 1 heterocycles. The van der Waals surface area contributed by atoms with Crippen molar-refractivity contribution in [2.75, 3.05) is 0 Å². The molecule has 2 atom stereocenters. The Morgan fingerprint density at radius 3 is 2.15 bits per heavy atom. The van der Waals surface area contributed by atoms with Gasteiger partial charge in [0.2, 0.25) is 5.91 Å². The van der Waals surface area contributed by atoms with Crippen LogP contribution in [0.1, 0.15) is 20.8 Å². The third kappa shape index (κ3) is 2.69. The summed E-state index contributed by atoms with van der Waals surface area (Å²) in [5, 5.41) is 2.69. The summed E-state index contributed by atoms with van der Waals surface area (Å²) in [6.45, 7) is 5.56. The summed E-state index contributed by atoms with van der Waals surface area (Å²) >= 11 is 0. The lowest BCUT2D eigenvalue weighted by Crippen LogP contribution is -2.44. The van der Waals surface area contributed by atoms with Gasteiger partial charge in [-0.2, -0.15) is 0 Å². The van der Waals surface area contributed by atoms with Crippen molar-refractivity contribution in [2.24, 2.45) is 5.73 Å². The molecular weight excluding hydrogens is 172 g/mol. The predicted molar refractivity (Wildman–Crippen MR) is 45.8 cm³/mol. The largest absolute Gasteiger partial charge is 0.367 e. The molecule has 0 spiro atoms. The lowest BCUT2D eigenvalue weighted by Gasteiger charge is -2.19. The molecule has 1 aliphatic rings. The molecule has 1 rings (SSSR count). The number of ether oxygens (including phenoxy) is 1. The van der Waals surface area contributed by atoms with E-state index in [0.717, 1.165) is 0 Å². The van der Waals surface area contributed by atoms with Crippen molar-refractivity contribution in [3.63, 3.8) is 0 Å². The smallest absolute Gasteiger partial charge is 0.252 e. The number of nitrogens with two attached hydrogens (primary N) is 1. The van der Waals surface area contributed by atoms with Gasteiger partial charge in [0.15, 0.2) is 12.2 Å². The van der Waals surface area contributed by atoms with E-state index in [9.17, 15) is 9.59 Å². The number of rotatable bonds is 2. The minimum atomic E-state index is -0.734. The van der Waals surface area contributed by atoms with Crippen LogP contribution in [0.4, 0.5) is 0 Å². The van der Waals surface area contributed by atoms with Gasteiger partial charge in [-0.05, 0) is 20.8 Å². The Balaban J connectivity index is 2.40. The Morgan fingerprint density at radius 2 is 1.85 bits per heavy atom. The normalized spacial score (nSPS) is 26.7. The van der Waals surface area contributed by atoms with Crippen LogP contribution in [0.5, 0.6) is 0 Å². The molecule has 74 valence electrons. The summed E-state index contributed by atoms with van der Waals surface area (Å²) in [6.07, 6.45) is -1.42. The summed E-state index contributed by atoms with van der Waals surface area (Å²) in [6, 6.07) is 0. The predicted octanol–water partition coefficient (Wildman–Crippen LogP) is -0.846. The summed E-state index contributed by atoms with van der Waals surface area (Å²) in [4.78, 5) is 21.9. The van der Waals surface area contributed by atoms with Crippen molar-refractivity contribution in [1.82, 2.24) is 5.32 Å². The molecule has 3 N–H and O–H groups in total. The maximum absolute atomic E-state index is 11.3. The van der Waals surface area contributed by atoms with Gasteiger partial charge in [-0.1, -0.05) is 0 Å². The summed E-state index contributed by atoms with van der Waals surface area (Å²) in [7, 11) is 0. The van der Waals surface area contributed by atoms with Gasteiger partial charge >= 0.3 is 0 Å². The first-order valence-corrected chi connectivity index (χ1v) is 4.08. The molecule has 0 aromatic rings. The van der Waals surface area contributed by atoms with E-state index in [1.165, 1.54) is 0 Å². The molecule has 5 nitrogen and oxygen atoms in total. The quantitative estimate of drug-likeness (QED) is 0.551. The van der Waals surface area contributed by atoms with E-state index >= 15 is 0 Å². The molecule has 5 heteroatoms. The standard InChI is InChI=1S/C8H14N2O3/c1-8(2,3)10-7(12)5-4(13-5)6(9)11/h4-5H,1-3H3,(H2,9,11)(H,10,12). The SMILES string of the molecule is CC(C)(C)NC(=O)C1OC1C(N)=O. The van der Waals surface area contributed by atoms with Gasteiger partial charge in [0, 0.05) is 5.54 Å². The number of carbonyl (C=O) groups excluding carboxylic acids is 2. The molecule has 13 heavy (non-hydrogen) atoms. The lowest BCUT2D eigenvalue weighted by atomic mass is 10.1. The fourth-order valence-corrected chi connectivity index (χ4v) is 0.969. The van der Waals surface area contributed by atoms with Crippen LogP contribution in [0.25, 0.3) is 0 Å². The van der Waals surface area contributed by atoms with Crippen molar-refractivity contribution in [2.45, 2.75) is 38.5 Å². The molecule has 0 saturated carbocycles. The van der Waals surface area contributed by atoms with Crippen LogP contribution in [0.2, 0.25) is 0 Å². The number of carbonyl (C=O) groups is 2. The number of epoxide rings is 1. The first-order valence-electron chi connectivity index (χ1n) is 4.08. The van der Waals surface area contributed by atoms with Crippen molar-refractivity contribution in [3.05, 3.63) is 0 Å². The zero-order valence-corrected chi connectivity index (χ0v) is 7.96. The molecular formula is C8H14N2O3. The maximum atomic E-state index is 11.3. The highest BCUT2D eigenvalue weighted by Gasteiger charge is 2.49. The van der Waals surface area contributed by atoms with E-state index in [1.807, 2.05) is 20.8 Å². The molecule has 2 unspecified atom stereocenters. The van der Waals surface area contributed by atoms with Crippen LogP contribution >= 0.6 is 0 Å². The van der Waals surface area contributed by atoms with Crippen LogP contribution < -0.4 is 11.1 Å². The molecule has 2 amide bonds. The van der Waals surface area contributed by atoms with Crippen molar-refractivity contribution < 1.29 is 14.3 Å². The second kappa shape index (κ2) is 2.99. The molecule has 1 fully saturated rings. The number of amides is 2. The second-order valence-corrected chi connectivity index (χ2v) is 4.12. The molecule has 0 radical (unpaired) electrons. The van der Waals surface area contributed by atoms with Crippen LogP contribution in [0.3, 0.4) is 0 Å². The number of primary amides is 1. The minimum Gasteiger partial charge on any atom is -0.367 e. The Labute approximate surface area is 76.6 Å². The molecule has 1 aliphatic heterocycles. The highest BCUT2D eigenvalue weighted by atomic mass is 16.6. The third-order valence-corrected chi connectivity index (χ3v) is 1.53. The first-order chi connectivity index (χ1) is 5.81. The van der Waals surface area contributed by atoms with E-state index in [-0.39, 0.29) is 11.4 Å². The maximum Gasteiger partial charge on any atom is 0.252 e. The Bertz CT molecular complexity index is 244. The van der Waals surface area contributed by atoms with E-state index in [4.69, 9.17) is 10.5 Å². The first kappa shape index (κ1) is 9.98. The average molecular weight is 186 g/mol. The van der Waals surface area contributed by atoms with E-state index in [1.54, 1.807) is 0 Å². The van der Waals surface area contributed by atoms with Crippen molar-refractivity contribution in [1.29, 1.82) is 0 Å². The zero-order valence-electron chi connectivity index (χ0n) is 7.96. The lowest BCUT2D eigenvalue weighted by molar-refractivity contribution is -0.124. The van der Waals surface area contributed by atoms with Crippen LogP contribution in [0, 0.1) is 0 Å². The molecule has 0 aliphatic carbocycles. The van der Waals surface area contributed by atoms with Crippen LogP contribution in [0.15, 0.2) is 0 Å². The fourth-order valence-electron chi connectivity index (χ4n) is 0.969. The Hall–Kier alpha value is -1.10. The summed E-state index contributed by atoms with van der Waals surface area (Å²) in [5.41, 5.74) is 4.63. The van der Waals surface area contributed by atoms with Gasteiger partial charge in [-0.3, -0.25) is 9.59 Å². The number of nitrogens with one attached hydrogen (secondary N) is 1. The zero-order chi connectivity index (χ0) is 10.2. The van der Waals surface area contributed by atoms with Gasteiger partial charge in [-0.15, -0.1) is 0 Å². The summed E-state index contributed by atoms with van der Waals surface area (Å²) in [5.74, 6) is -0.870. The van der Waals surface area contributed by atoms with Gasteiger partial charge < -0.3 is 15.8 Å². The molecule has 0 aromatic heterocycles.